The summed E-state index contributed by atoms with van der Waals surface area (Å²) in [6, 6.07) is 19.2. The predicted octanol–water partition coefficient (Wildman–Crippen LogP) is 3.83. The van der Waals surface area contributed by atoms with Gasteiger partial charge in [0.1, 0.15) is 0 Å². The van der Waals surface area contributed by atoms with Crippen molar-refractivity contribution in [2.24, 2.45) is 0 Å². The Morgan fingerprint density at radius 2 is 1.57 bits per heavy atom. The van der Waals surface area contributed by atoms with Crippen LogP contribution in [0.15, 0.2) is 77.7 Å². The molecule has 0 aliphatic rings. The highest BCUT2D eigenvalue weighted by atomic mass is 32.2. The molecule has 0 heterocycles. The largest absolute Gasteiger partial charge is 0.465 e. The molecule has 0 atom stereocenters. The minimum Gasteiger partial charge on any atom is -0.465 e. The monoisotopic (exact) mass is 424 g/mol. The highest BCUT2D eigenvalue weighted by Gasteiger charge is 2.20. The van der Waals surface area contributed by atoms with Crippen LogP contribution in [0, 0.1) is 6.92 Å². The summed E-state index contributed by atoms with van der Waals surface area (Å²) in [6.45, 7) is 1.65. The molecule has 7 nitrogen and oxygen atoms in total. The predicted molar refractivity (Wildman–Crippen MR) is 114 cm³/mol. The first-order valence-corrected chi connectivity index (χ1v) is 10.5. The van der Waals surface area contributed by atoms with Gasteiger partial charge in [-0.3, -0.25) is 9.52 Å². The summed E-state index contributed by atoms with van der Waals surface area (Å²) in [6.07, 6.45) is 0. The van der Waals surface area contributed by atoms with Crippen LogP contribution in [0.1, 0.15) is 26.3 Å². The van der Waals surface area contributed by atoms with Gasteiger partial charge in [0, 0.05) is 11.3 Å². The lowest BCUT2D eigenvalue weighted by Gasteiger charge is -2.13. The smallest absolute Gasteiger partial charge is 0.339 e. The number of ether oxygens (including phenoxy) is 1. The molecule has 3 rings (SSSR count). The maximum Gasteiger partial charge on any atom is 0.339 e. The van der Waals surface area contributed by atoms with Crippen LogP contribution in [0.5, 0.6) is 0 Å². The van der Waals surface area contributed by atoms with Crippen molar-refractivity contribution in [1.29, 1.82) is 0 Å². The van der Waals surface area contributed by atoms with Gasteiger partial charge in [0.15, 0.2) is 0 Å². The third kappa shape index (κ3) is 4.66. The molecule has 0 radical (unpaired) electrons. The number of amides is 1. The number of hydrogen-bond acceptors (Lipinski definition) is 5. The minimum atomic E-state index is -3.90. The average Bonchev–Trinajstić information content (AvgIpc) is 2.74. The van der Waals surface area contributed by atoms with Crippen LogP contribution in [0.4, 0.5) is 11.4 Å². The Kier molecular flexibility index (Phi) is 6.17. The third-order valence-corrected chi connectivity index (χ3v) is 5.87. The third-order valence-electron chi connectivity index (χ3n) is 4.35. The molecule has 30 heavy (non-hydrogen) atoms. The van der Waals surface area contributed by atoms with E-state index in [1.807, 2.05) is 0 Å². The first-order chi connectivity index (χ1) is 14.3. The molecule has 3 aromatic rings. The summed E-state index contributed by atoms with van der Waals surface area (Å²) in [5, 5.41) is 2.63. The van der Waals surface area contributed by atoms with E-state index < -0.39 is 21.9 Å². The van der Waals surface area contributed by atoms with Crippen LogP contribution >= 0.6 is 0 Å². The van der Waals surface area contributed by atoms with Crippen LogP contribution in [0.3, 0.4) is 0 Å². The number of anilines is 2. The number of methoxy groups -OCH3 is 1. The topological polar surface area (TPSA) is 102 Å². The van der Waals surface area contributed by atoms with Gasteiger partial charge in [0.2, 0.25) is 0 Å². The summed E-state index contributed by atoms with van der Waals surface area (Å²) in [5.74, 6) is -1.15. The van der Waals surface area contributed by atoms with E-state index in [4.69, 9.17) is 4.74 Å². The van der Waals surface area contributed by atoms with Crippen molar-refractivity contribution in [3.05, 3.63) is 89.5 Å². The first kappa shape index (κ1) is 21.1. The summed E-state index contributed by atoms with van der Waals surface area (Å²) in [7, 11) is -2.65. The summed E-state index contributed by atoms with van der Waals surface area (Å²) in [5.41, 5.74) is 1.50. The highest BCUT2D eigenvalue weighted by molar-refractivity contribution is 7.92. The lowest BCUT2D eigenvalue weighted by Crippen LogP contribution is -2.18. The number of benzene rings is 3. The van der Waals surface area contributed by atoms with E-state index in [2.05, 4.69) is 10.0 Å². The number of carbonyl (C=O) groups is 2. The highest BCUT2D eigenvalue weighted by Crippen LogP contribution is 2.22. The van der Waals surface area contributed by atoms with Crippen LogP contribution in [-0.4, -0.2) is 27.4 Å². The molecule has 0 bridgehead atoms. The Hall–Kier alpha value is -3.65. The van der Waals surface area contributed by atoms with Gasteiger partial charge in [-0.2, -0.15) is 0 Å². The van der Waals surface area contributed by atoms with Gasteiger partial charge in [-0.25, -0.2) is 13.2 Å². The van der Waals surface area contributed by atoms with Gasteiger partial charge in [-0.05, 0) is 48.9 Å². The number of aryl methyl sites for hydroxylation is 1. The molecule has 0 saturated heterocycles. The molecular formula is C22H20N2O5S. The molecule has 0 unspecified atom stereocenters. The minimum absolute atomic E-state index is 0.0137. The van der Waals surface area contributed by atoms with Crippen molar-refractivity contribution in [3.8, 4) is 0 Å². The summed E-state index contributed by atoms with van der Waals surface area (Å²) >= 11 is 0. The number of nitrogens with one attached hydrogen (secondary N) is 2. The molecule has 154 valence electrons. The zero-order valence-corrected chi connectivity index (χ0v) is 17.2. The van der Waals surface area contributed by atoms with E-state index >= 15 is 0 Å². The van der Waals surface area contributed by atoms with E-state index in [-0.39, 0.29) is 21.7 Å². The molecule has 3 aromatic carbocycles. The second kappa shape index (κ2) is 8.79. The zero-order valence-electron chi connectivity index (χ0n) is 16.4. The van der Waals surface area contributed by atoms with Crippen LogP contribution < -0.4 is 10.0 Å². The normalized spacial score (nSPS) is 10.9. The molecule has 8 heteroatoms. The van der Waals surface area contributed by atoms with Gasteiger partial charge in [0.05, 0.1) is 23.3 Å². The molecule has 2 N–H and O–H groups in total. The molecular weight excluding hydrogens is 404 g/mol. The fourth-order valence-electron chi connectivity index (χ4n) is 2.82. The lowest BCUT2D eigenvalue weighted by atomic mass is 10.1. The van der Waals surface area contributed by atoms with E-state index in [9.17, 15) is 18.0 Å². The Balaban J connectivity index is 1.90. The fraction of sp³-hybridized carbons (Fsp3) is 0.0909. The zero-order chi connectivity index (χ0) is 21.7. The van der Waals surface area contributed by atoms with Crippen LogP contribution in [-0.2, 0) is 14.8 Å². The van der Waals surface area contributed by atoms with Crippen LogP contribution in [0.25, 0.3) is 0 Å². The molecule has 0 aromatic heterocycles. The van der Waals surface area contributed by atoms with Crippen molar-refractivity contribution in [3.63, 3.8) is 0 Å². The van der Waals surface area contributed by atoms with Crippen LogP contribution in [0.2, 0.25) is 0 Å². The summed E-state index contributed by atoms with van der Waals surface area (Å²) in [4.78, 5) is 24.6. The summed E-state index contributed by atoms with van der Waals surface area (Å²) < 4.78 is 32.9. The number of esters is 1. The van der Waals surface area contributed by atoms with E-state index in [1.165, 1.54) is 25.3 Å². The molecule has 0 spiro atoms. The van der Waals surface area contributed by atoms with Gasteiger partial charge in [-0.15, -0.1) is 0 Å². The van der Waals surface area contributed by atoms with Crippen molar-refractivity contribution in [2.75, 3.05) is 17.1 Å². The number of rotatable bonds is 6. The molecule has 1 amide bonds. The van der Waals surface area contributed by atoms with Crippen molar-refractivity contribution >= 4 is 33.3 Å². The maximum absolute atomic E-state index is 12.8. The molecule has 0 fully saturated rings. The van der Waals surface area contributed by atoms with Gasteiger partial charge in [-0.1, -0.05) is 36.4 Å². The van der Waals surface area contributed by atoms with Crippen molar-refractivity contribution < 1.29 is 22.7 Å². The Labute approximate surface area is 174 Å². The average molecular weight is 424 g/mol. The van der Waals surface area contributed by atoms with E-state index in [0.717, 1.165) is 0 Å². The molecule has 0 saturated carbocycles. The lowest BCUT2D eigenvalue weighted by molar-refractivity contribution is 0.0602. The SMILES string of the molecule is COC(=O)c1ccccc1NC(=O)c1ccc(C)c(S(=O)(=O)Nc2ccccc2)c1. The van der Waals surface area contributed by atoms with E-state index in [1.54, 1.807) is 61.5 Å². The second-order valence-electron chi connectivity index (χ2n) is 6.44. The number of hydrogen-bond donors (Lipinski definition) is 2. The number of para-hydroxylation sites is 2. The Morgan fingerprint density at radius 3 is 2.27 bits per heavy atom. The van der Waals surface area contributed by atoms with Gasteiger partial charge < -0.3 is 10.1 Å². The second-order valence-corrected chi connectivity index (χ2v) is 8.09. The number of sulfonamides is 1. The molecule has 0 aliphatic carbocycles. The van der Waals surface area contributed by atoms with Gasteiger partial charge >= 0.3 is 5.97 Å². The maximum atomic E-state index is 12.8. The van der Waals surface area contributed by atoms with E-state index in [0.29, 0.717) is 11.3 Å². The van der Waals surface area contributed by atoms with Crippen molar-refractivity contribution in [2.45, 2.75) is 11.8 Å². The standard InChI is InChI=1S/C22H20N2O5S/c1-15-12-13-16(14-20(15)30(27,28)24-17-8-4-3-5-9-17)21(25)23-19-11-7-6-10-18(19)22(26)29-2/h3-14,24H,1-2H3,(H,23,25). The van der Waals surface area contributed by atoms with Crippen molar-refractivity contribution in [1.82, 2.24) is 0 Å². The Bertz CT molecular complexity index is 1190. The quantitative estimate of drug-likeness (QED) is 0.586. The Morgan fingerprint density at radius 1 is 0.900 bits per heavy atom. The fourth-order valence-corrected chi connectivity index (χ4v) is 4.15. The van der Waals surface area contributed by atoms with Gasteiger partial charge in [0.25, 0.3) is 15.9 Å². The first-order valence-electron chi connectivity index (χ1n) is 8.99. The number of carbonyl (C=O) groups excluding carboxylic acids is 2. The molecule has 0 aliphatic heterocycles.